The van der Waals surface area contributed by atoms with Crippen molar-refractivity contribution < 1.29 is 8.42 Å². The van der Waals surface area contributed by atoms with E-state index in [9.17, 15) is 8.42 Å². The maximum atomic E-state index is 12.2. The van der Waals surface area contributed by atoms with Crippen molar-refractivity contribution >= 4 is 33.0 Å². The summed E-state index contributed by atoms with van der Waals surface area (Å²) in [6.07, 6.45) is 0.630. The van der Waals surface area contributed by atoms with E-state index in [2.05, 4.69) is 10.0 Å². The summed E-state index contributed by atoms with van der Waals surface area (Å²) in [6, 6.07) is 10.9. The molecule has 0 bridgehead atoms. The molecule has 0 fully saturated rings. The fourth-order valence-corrected chi connectivity index (χ4v) is 4.39. The van der Waals surface area contributed by atoms with Crippen molar-refractivity contribution in [2.75, 3.05) is 13.6 Å². The lowest BCUT2D eigenvalue weighted by atomic mass is 10.2. The van der Waals surface area contributed by atoms with E-state index in [0.717, 1.165) is 10.4 Å². The first-order chi connectivity index (χ1) is 10.0. The molecule has 0 radical (unpaired) electrons. The lowest BCUT2D eigenvalue weighted by molar-refractivity contribution is 0.584. The van der Waals surface area contributed by atoms with E-state index in [4.69, 9.17) is 11.6 Å². The van der Waals surface area contributed by atoms with E-state index in [1.807, 2.05) is 25.2 Å². The highest BCUT2D eigenvalue weighted by Crippen LogP contribution is 2.21. The minimum absolute atomic E-state index is 0.351. The van der Waals surface area contributed by atoms with Gasteiger partial charge in [0, 0.05) is 23.0 Å². The molecule has 0 atom stereocenters. The zero-order valence-electron chi connectivity index (χ0n) is 11.6. The summed E-state index contributed by atoms with van der Waals surface area (Å²) in [7, 11) is -1.59. The topological polar surface area (TPSA) is 58.2 Å². The van der Waals surface area contributed by atoms with Crippen LogP contribution in [0.5, 0.6) is 0 Å². The average Bonchev–Trinajstić information content (AvgIpc) is 2.91. The molecule has 21 heavy (non-hydrogen) atoms. The van der Waals surface area contributed by atoms with Crippen molar-refractivity contribution in [3.8, 4) is 0 Å². The van der Waals surface area contributed by atoms with E-state index < -0.39 is 10.0 Å². The molecule has 1 heterocycles. The van der Waals surface area contributed by atoms with Crippen molar-refractivity contribution in [3.63, 3.8) is 0 Å². The molecule has 2 aromatic rings. The van der Waals surface area contributed by atoms with Gasteiger partial charge in [-0.25, -0.2) is 13.1 Å². The molecular formula is C14H17ClN2O2S2. The molecular weight excluding hydrogens is 328 g/mol. The monoisotopic (exact) mass is 344 g/mol. The smallest absolute Gasteiger partial charge is 0.250 e. The Balaban J connectivity index is 1.92. The molecule has 7 heteroatoms. The lowest BCUT2D eigenvalue weighted by Gasteiger charge is -2.05. The van der Waals surface area contributed by atoms with E-state index in [1.165, 1.54) is 11.3 Å². The number of hydrogen-bond acceptors (Lipinski definition) is 4. The Morgan fingerprint density at radius 1 is 1.14 bits per heavy atom. The number of sulfonamides is 1. The number of nitrogens with one attached hydrogen (secondary N) is 2. The number of thiophene rings is 1. The normalized spacial score (nSPS) is 11.7. The molecule has 114 valence electrons. The summed E-state index contributed by atoms with van der Waals surface area (Å²) in [5.74, 6) is 0. The van der Waals surface area contributed by atoms with E-state index in [0.29, 0.717) is 28.7 Å². The van der Waals surface area contributed by atoms with Gasteiger partial charge in [-0.1, -0.05) is 23.7 Å². The highest BCUT2D eigenvalue weighted by molar-refractivity contribution is 7.91. The number of rotatable bonds is 7. The van der Waals surface area contributed by atoms with Crippen LogP contribution in [0.15, 0.2) is 40.6 Å². The third kappa shape index (κ3) is 4.79. The van der Waals surface area contributed by atoms with E-state index in [1.54, 1.807) is 18.2 Å². The van der Waals surface area contributed by atoms with Crippen LogP contribution in [0.25, 0.3) is 0 Å². The first-order valence-electron chi connectivity index (χ1n) is 6.49. The summed E-state index contributed by atoms with van der Waals surface area (Å²) >= 11 is 7.09. The van der Waals surface area contributed by atoms with Gasteiger partial charge < -0.3 is 5.32 Å². The van der Waals surface area contributed by atoms with Crippen LogP contribution in [0.4, 0.5) is 0 Å². The molecule has 0 aliphatic carbocycles. The van der Waals surface area contributed by atoms with Gasteiger partial charge in [0.25, 0.3) is 0 Å². The zero-order chi connectivity index (χ0) is 15.3. The Kier molecular flexibility index (Phi) is 5.78. The molecule has 4 nitrogen and oxygen atoms in total. The van der Waals surface area contributed by atoms with Crippen molar-refractivity contribution in [3.05, 3.63) is 51.9 Å². The number of halogens is 1. The van der Waals surface area contributed by atoms with Crippen LogP contribution in [0.2, 0.25) is 5.02 Å². The Morgan fingerprint density at radius 2 is 1.86 bits per heavy atom. The molecule has 0 saturated carbocycles. The van der Waals surface area contributed by atoms with Crippen LogP contribution in [-0.4, -0.2) is 22.0 Å². The second-order valence-electron chi connectivity index (χ2n) is 4.53. The Bertz CT molecular complexity index is 681. The molecule has 0 spiro atoms. The highest BCUT2D eigenvalue weighted by atomic mass is 35.5. The molecule has 0 aliphatic rings. The fourth-order valence-electron chi connectivity index (χ4n) is 1.82. The minimum Gasteiger partial charge on any atom is -0.315 e. The minimum atomic E-state index is -3.42. The van der Waals surface area contributed by atoms with Crippen LogP contribution >= 0.6 is 22.9 Å². The SMILES string of the molecule is CNCc1ccc(S(=O)(=O)NCCc2ccc(Cl)cc2)s1. The predicted molar refractivity (Wildman–Crippen MR) is 87.4 cm³/mol. The largest absolute Gasteiger partial charge is 0.315 e. The Morgan fingerprint density at radius 3 is 2.52 bits per heavy atom. The van der Waals surface area contributed by atoms with Crippen molar-refractivity contribution in [2.45, 2.75) is 17.2 Å². The van der Waals surface area contributed by atoms with Crippen molar-refractivity contribution in [1.82, 2.24) is 10.0 Å². The van der Waals surface area contributed by atoms with E-state index in [-0.39, 0.29) is 0 Å². The van der Waals surface area contributed by atoms with Crippen molar-refractivity contribution in [2.24, 2.45) is 0 Å². The van der Waals surface area contributed by atoms with Crippen LogP contribution in [0, 0.1) is 0 Å². The van der Waals surface area contributed by atoms with Gasteiger partial charge in [-0.2, -0.15) is 0 Å². The predicted octanol–water partition coefficient (Wildman–Crippen LogP) is 2.64. The first kappa shape index (κ1) is 16.5. The molecule has 0 aliphatic heterocycles. The van der Waals surface area contributed by atoms with Gasteiger partial charge in [0.2, 0.25) is 10.0 Å². The number of hydrogen-bond donors (Lipinski definition) is 2. The third-order valence-electron chi connectivity index (χ3n) is 2.87. The van der Waals surface area contributed by atoms with Gasteiger partial charge in [-0.15, -0.1) is 11.3 Å². The summed E-state index contributed by atoms with van der Waals surface area (Å²) in [4.78, 5) is 0.996. The van der Waals surface area contributed by atoms with Gasteiger partial charge >= 0.3 is 0 Å². The van der Waals surface area contributed by atoms with Crippen LogP contribution < -0.4 is 10.0 Å². The summed E-state index contributed by atoms with van der Waals surface area (Å²) in [5.41, 5.74) is 1.05. The van der Waals surface area contributed by atoms with Gasteiger partial charge in [-0.3, -0.25) is 0 Å². The maximum Gasteiger partial charge on any atom is 0.250 e. The summed E-state index contributed by atoms with van der Waals surface area (Å²) < 4.78 is 27.3. The second kappa shape index (κ2) is 7.38. The van der Waals surface area contributed by atoms with E-state index >= 15 is 0 Å². The standard InChI is InChI=1S/C14H17ClN2O2S2/c1-16-10-13-6-7-14(20-13)21(18,19)17-9-8-11-2-4-12(15)5-3-11/h2-7,16-17H,8-10H2,1H3. The molecule has 2 rings (SSSR count). The summed E-state index contributed by atoms with van der Waals surface area (Å²) in [5, 5.41) is 3.68. The molecule has 2 N–H and O–H groups in total. The van der Waals surface area contributed by atoms with Gasteiger partial charge in [0.15, 0.2) is 0 Å². The molecule has 0 amide bonds. The number of benzene rings is 1. The average molecular weight is 345 g/mol. The summed E-state index contributed by atoms with van der Waals surface area (Å²) in [6.45, 7) is 1.04. The maximum absolute atomic E-state index is 12.2. The van der Waals surface area contributed by atoms with Crippen LogP contribution in [0.1, 0.15) is 10.4 Å². The Labute approximate surface area is 134 Å². The fraction of sp³-hybridized carbons (Fsp3) is 0.286. The molecule has 1 aromatic carbocycles. The second-order valence-corrected chi connectivity index (χ2v) is 8.12. The Hall–Kier alpha value is -0.920. The first-order valence-corrected chi connectivity index (χ1v) is 9.16. The molecule has 0 saturated heterocycles. The van der Waals surface area contributed by atoms with Crippen LogP contribution in [0.3, 0.4) is 0 Å². The van der Waals surface area contributed by atoms with Gasteiger partial charge in [-0.05, 0) is 43.3 Å². The quantitative estimate of drug-likeness (QED) is 0.811. The zero-order valence-corrected chi connectivity index (χ0v) is 14.0. The lowest BCUT2D eigenvalue weighted by Crippen LogP contribution is -2.25. The third-order valence-corrected chi connectivity index (χ3v) is 6.16. The van der Waals surface area contributed by atoms with Gasteiger partial charge in [0.05, 0.1) is 0 Å². The van der Waals surface area contributed by atoms with Crippen molar-refractivity contribution in [1.29, 1.82) is 0 Å². The molecule has 0 unspecified atom stereocenters. The van der Waals surface area contributed by atoms with Crippen LogP contribution in [-0.2, 0) is 23.0 Å². The highest BCUT2D eigenvalue weighted by Gasteiger charge is 2.15. The molecule has 1 aromatic heterocycles. The van der Waals surface area contributed by atoms with Gasteiger partial charge in [0.1, 0.15) is 4.21 Å².